The third-order valence-electron chi connectivity index (χ3n) is 4.05. The van der Waals surface area contributed by atoms with Gasteiger partial charge in [-0.05, 0) is 25.7 Å². The number of carbonyl (C=O) groups excluding carboxylic acids is 1. The molecule has 0 saturated carbocycles. The fourth-order valence-electron chi connectivity index (χ4n) is 2.77. The minimum Gasteiger partial charge on any atom is -0.487 e. The normalized spacial score (nSPS) is 18.9. The van der Waals surface area contributed by atoms with Crippen LogP contribution in [0.1, 0.15) is 39.5 Å². The Labute approximate surface area is 131 Å². The quantitative estimate of drug-likeness (QED) is 0.835. The van der Waals surface area contributed by atoms with E-state index in [-0.39, 0.29) is 17.9 Å². The molecular formula is C16H23ClN2O2. The minimum absolute atomic E-state index is 0.0111. The van der Waals surface area contributed by atoms with E-state index in [1.165, 1.54) is 0 Å². The molecule has 2 heterocycles. The highest BCUT2D eigenvalue weighted by molar-refractivity contribution is 6.31. The number of nitrogens with zero attached hydrogens (tertiary/aromatic N) is 2. The van der Waals surface area contributed by atoms with E-state index in [2.05, 4.69) is 18.8 Å². The van der Waals surface area contributed by atoms with Gasteiger partial charge in [0.2, 0.25) is 5.91 Å². The fraction of sp³-hybridized carbons (Fsp3) is 0.625. The number of piperidine rings is 1. The van der Waals surface area contributed by atoms with Gasteiger partial charge in [0.15, 0.2) is 0 Å². The Morgan fingerprint density at radius 2 is 2.29 bits per heavy atom. The standard InChI is InChI=1S/C16H23ClN2O2/c1-3-12(4-2)16(20)19-9-5-6-13(11-19)21-15-7-8-18-10-14(15)17/h7-8,10,12-13H,3-6,9,11H2,1-2H3. The lowest BCUT2D eigenvalue weighted by Crippen LogP contribution is -2.46. The van der Waals surface area contributed by atoms with Crippen molar-refractivity contribution in [2.45, 2.75) is 45.6 Å². The molecule has 0 radical (unpaired) electrons. The molecule has 1 unspecified atom stereocenters. The summed E-state index contributed by atoms with van der Waals surface area (Å²) in [7, 11) is 0. The molecule has 0 spiro atoms. The van der Waals surface area contributed by atoms with Crippen LogP contribution in [0.2, 0.25) is 5.02 Å². The molecular weight excluding hydrogens is 288 g/mol. The van der Waals surface area contributed by atoms with Crippen molar-refractivity contribution < 1.29 is 9.53 Å². The van der Waals surface area contributed by atoms with E-state index < -0.39 is 0 Å². The number of hydrogen-bond acceptors (Lipinski definition) is 3. The minimum atomic E-state index is 0.0111. The number of hydrogen-bond donors (Lipinski definition) is 0. The summed E-state index contributed by atoms with van der Waals surface area (Å²) in [5.41, 5.74) is 0. The number of halogens is 1. The van der Waals surface area contributed by atoms with E-state index in [9.17, 15) is 4.79 Å². The lowest BCUT2D eigenvalue weighted by Gasteiger charge is -2.34. The molecule has 1 aliphatic rings. The van der Waals surface area contributed by atoms with Crippen LogP contribution in [-0.4, -0.2) is 35.0 Å². The Hall–Kier alpha value is -1.29. The molecule has 1 saturated heterocycles. The molecule has 2 rings (SSSR count). The zero-order valence-corrected chi connectivity index (χ0v) is 13.5. The monoisotopic (exact) mass is 310 g/mol. The Bertz CT molecular complexity index is 477. The smallest absolute Gasteiger partial charge is 0.225 e. The number of aromatic nitrogens is 1. The highest BCUT2D eigenvalue weighted by atomic mass is 35.5. The maximum absolute atomic E-state index is 12.5. The summed E-state index contributed by atoms with van der Waals surface area (Å²) < 4.78 is 5.95. The second-order valence-electron chi connectivity index (χ2n) is 5.49. The van der Waals surface area contributed by atoms with Crippen molar-refractivity contribution in [3.63, 3.8) is 0 Å². The maximum Gasteiger partial charge on any atom is 0.225 e. The van der Waals surface area contributed by atoms with Gasteiger partial charge < -0.3 is 9.64 Å². The molecule has 1 aliphatic heterocycles. The summed E-state index contributed by atoms with van der Waals surface area (Å²) in [5, 5.41) is 0.515. The molecule has 116 valence electrons. The van der Waals surface area contributed by atoms with E-state index in [1.54, 1.807) is 18.5 Å². The van der Waals surface area contributed by atoms with Crippen molar-refractivity contribution in [3.05, 3.63) is 23.5 Å². The highest BCUT2D eigenvalue weighted by Gasteiger charge is 2.28. The molecule has 1 fully saturated rings. The van der Waals surface area contributed by atoms with Crippen LogP contribution in [-0.2, 0) is 4.79 Å². The van der Waals surface area contributed by atoms with Crippen molar-refractivity contribution in [2.75, 3.05) is 13.1 Å². The molecule has 0 N–H and O–H groups in total. The van der Waals surface area contributed by atoms with Gasteiger partial charge in [-0.25, -0.2) is 0 Å². The Morgan fingerprint density at radius 1 is 1.52 bits per heavy atom. The SMILES string of the molecule is CCC(CC)C(=O)N1CCCC(Oc2ccncc2Cl)C1. The molecule has 5 heteroatoms. The van der Waals surface area contributed by atoms with E-state index in [4.69, 9.17) is 16.3 Å². The number of ether oxygens (including phenoxy) is 1. The first-order valence-electron chi connectivity index (χ1n) is 7.70. The van der Waals surface area contributed by atoms with Crippen LogP contribution in [0.4, 0.5) is 0 Å². The molecule has 0 aliphatic carbocycles. The van der Waals surface area contributed by atoms with E-state index in [0.29, 0.717) is 17.3 Å². The molecule has 4 nitrogen and oxygen atoms in total. The van der Waals surface area contributed by atoms with Gasteiger partial charge in [0.1, 0.15) is 16.9 Å². The van der Waals surface area contributed by atoms with Crippen LogP contribution >= 0.6 is 11.6 Å². The molecule has 0 aromatic carbocycles. The zero-order valence-electron chi connectivity index (χ0n) is 12.7. The second kappa shape index (κ2) is 7.64. The zero-order chi connectivity index (χ0) is 15.2. The molecule has 1 aromatic heterocycles. The molecule has 21 heavy (non-hydrogen) atoms. The van der Waals surface area contributed by atoms with E-state index in [1.807, 2.05) is 4.90 Å². The van der Waals surface area contributed by atoms with Crippen molar-refractivity contribution in [3.8, 4) is 5.75 Å². The maximum atomic E-state index is 12.5. The summed E-state index contributed by atoms with van der Waals surface area (Å²) in [6.45, 7) is 5.62. The topological polar surface area (TPSA) is 42.4 Å². The largest absolute Gasteiger partial charge is 0.487 e. The van der Waals surface area contributed by atoms with E-state index >= 15 is 0 Å². The predicted octanol–water partition coefficient (Wildman–Crippen LogP) is 3.54. The van der Waals surface area contributed by atoms with Crippen molar-refractivity contribution in [1.82, 2.24) is 9.88 Å². The molecule has 1 aromatic rings. The predicted molar refractivity (Wildman–Crippen MR) is 83.5 cm³/mol. The molecule has 1 amide bonds. The first-order chi connectivity index (χ1) is 10.2. The van der Waals surface area contributed by atoms with Gasteiger partial charge in [-0.3, -0.25) is 9.78 Å². The Balaban J connectivity index is 1.98. The summed E-state index contributed by atoms with van der Waals surface area (Å²) >= 11 is 6.07. The molecule has 1 atom stereocenters. The van der Waals surface area contributed by atoms with Crippen LogP contribution < -0.4 is 4.74 Å². The summed E-state index contributed by atoms with van der Waals surface area (Å²) in [6, 6.07) is 1.77. The van der Waals surface area contributed by atoms with Gasteiger partial charge in [0.05, 0.1) is 6.54 Å². The van der Waals surface area contributed by atoms with Crippen LogP contribution in [0.25, 0.3) is 0 Å². The summed E-state index contributed by atoms with van der Waals surface area (Å²) in [4.78, 5) is 18.4. The van der Waals surface area contributed by atoms with Crippen molar-refractivity contribution in [2.24, 2.45) is 5.92 Å². The van der Waals surface area contributed by atoms with Crippen LogP contribution in [0.5, 0.6) is 5.75 Å². The van der Waals surface area contributed by atoms with Gasteiger partial charge in [-0.1, -0.05) is 25.4 Å². The highest BCUT2D eigenvalue weighted by Crippen LogP contribution is 2.26. The Kier molecular flexibility index (Phi) is 5.85. The van der Waals surface area contributed by atoms with E-state index in [0.717, 1.165) is 32.2 Å². The fourth-order valence-corrected chi connectivity index (χ4v) is 2.93. The van der Waals surface area contributed by atoms with Crippen LogP contribution in [0.15, 0.2) is 18.5 Å². The number of amides is 1. The van der Waals surface area contributed by atoms with Crippen LogP contribution in [0, 0.1) is 5.92 Å². The van der Waals surface area contributed by atoms with Gasteiger partial charge in [-0.2, -0.15) is 0 Å². The van der Waals surface area contributed by atoms with Gasteiger partial charge >= 0.3 is 0 Å². The second-order valence-corrected chi connectivity index (χ2v) is 5.89. The van der Waals surface area contributed by atoms with Crippen molar-refractivity contribution in [1.29, 1.82) is 0 Å². The Morgan fingerprint density at radius 3 is 2.95 bits per heavy atom. The van der Waals surface area contributed by atoms with Gasteiger partial charge in [0.25, 0.3) is 0 Å². The first kappa shape index (κ1) is 16.1. The van der Waals surface area contributed by atoms with Gasteiger partial charge in [0, 0.05) is 30.9 Å². The third-order valence-corrected chi connectivity index (χ3v) is 4.34. The third kappa shape index (κ3) is 4.10. The number of rotatable bonds is 5. The van der Waals surface area contributed by atoms with Gasteiger partial charge in [-0.15, -0.1) is 0 Å². The number of likely N-dealkylation sites (tertiary alicyclic amines) is 1. The number of pyridine rings is 1. The van der Waals surface area contributed by atoms with Crippen LogP contribution in [0.3, 0.4) is 0 Å². The van der Waals surface area contributed by atoms with Crippen molar-refractivity contribution >= 4 is 17.5 Å². The average Bonchev–Trinajstić information content (AvgIpc) is 2.51. The average molecular weight is 311 g/mol. The lowest BCUT2D eigenvalue weighted by molar-refractivity contribution is -0.138. The molecule has 0 bridgehead atoms. The lowest BCUT2D eigenvalue weighted by atomic mass is 9.99. The summed E-state index contributed by atoms with van der Waals surface area (Å²) in [5.74, 6) is 1.04. The summed E-state index contributed by atoms with van der Waals surface area (Å²) in [6.07, 6.45) is 6.97. The number of carbonyl (C=O) groups is 1. The first-order valence-corrected chi connectivity index (χ1v) is 8.08.